The van der Waals surface area contributed by atoms with Gasteiger partial charge in [-0.15, -0.1) is 5.46 Å². The normalized spacial score (nSPS) is 11.7. The largest absolute Gasteiger partial charge is 0.457 e. The molecule has 0 N–H and O–H groups in total. The van der Waals surface area contributed by atoms with Gasteiger partial charge in [-0.05, 0) is 17.6 Å². The Balaban J connectivity index is 1.40. The average Bonchev–Trinajstić information content (AvgIpc) is 3.71. The molecule has 0 amide bonds. The van der Waals surface area contributed by atoms with Gasteiger partial charge >= 0.3 is 0 Å². The molecule has 218 valence electrons. The van der Waals surface area contributed by atoms with Crippen molar-refractivity contribution in [3.63, 3.8) is 0 Å². The maximum atomic E-state index is 7.05. The third-order valence-corrected chi connectivity index (χ3v) is 9.29. The maximum absolute atomic E-state index is 7.05. The molecular formula is C39H18B6N4O. The van der Waals surface area contributed by atoms with Crippen LogP contribution in [0.3, 0.4) is 0 Å². The summed E-state index contributed by atoms with van der Waals surface area (Å²) in [6, 6.07) is 35.3. The standard InChI is InChI=1S/C39H18B6N4O/c40-28-26-25-27(39-47-37(19-11-3-1-4-12-19)46-38(48-39)20-13-5-2-6-14-20)29(41)30(42)32(44)35(25)50-36(26)33(45)34(31(28)43)49-23-17-9-7-15-21(23)22-16-8-10-18-24(22)49/h1-18H. The molecule has 50 heavy (non-hydrogen) atoms. The van der Waals surface area contributed by atoms with Crippen molar-refractivity contribution in [1.82, 2.24) is 19.5 Å². The van der Waals surface area contributed by atoms with Gasteiger partial charge in [0.25, 0.3) is 0 Å². The van der Waals surface area contributed by atoms with E-state index in [1.807, 2.05) is 102 Å². The van der Waals surface area contributed by atoms with Crippen LogP contribution in [-0.4, -0.2) is 66.6 Å². The molecule has 0 unspecified atom stereocenters. The van der Waals surface area contributed by atoms with E-state index in [0.717, 1.165) is 32.9 Å². The van der Waals surface area contributed by atoms with Crippen LogP contribution < -0.4 is 32.8 Å². The van der Waals surface area contributed by atoms with Crippen molar-refractivity contribution in [1.29, 1.82) is 0 Å². The van der Waals surface area contributed by atoms with E-state index in [9.17, 15) is 0 Å². The molecule has 0 spiro atoms. The Labute approximate surface area is 295 Å². The summed E-state index contributed by atoms with van der Waals surface area (Å²) in [5.41, 5.74) is 5.92. The van der Waals surface area contributed by atoms with Crippen LogP contribution in [-0.2, 0) is 0 Å². The highest BCUT2D eigenvalue weighted by Crippen LogP contribution is 2.35. The van der Waals surface area contributed by atoms with Crippen molar-refractivity contribution < 1.29 is 4.42 Å². The van der Waals surface area contributed by atoms with Gasteiger partial charge in [0, 0.05) is 43.9 Å². The highest BCUT2D eigenvalue weighted by atomic mass is 16.3. The molecule has 3 heterocycles. The molecule has 11 heteroatoms. The summed E-state index contributed by atoms with van der Waals surface area (Å²) in [6.45, 7) is 0. The molecule has 12 radical (unpaired) electrons. The highest BCUT2D eigenvalue weighted by Gasteiger charge is 2.26. The minimum atomic E-state index is 0.113. The Morgan fingerprint density at radius 1 is 0.420 bits per heavy atom. The second kappa shape index (κ2) is 11.4. The molecule has 0 fully saturated rings. The third-order valence-electron chi connectivity index (χ3n) is 9.29. The number of hydrogen-bond donors (Lipinski definition) is 0. The topological polar surface area (TPSA) is 56.7 Å². The molecular weight excluding hydrogens is 605 g/mol. The van der Waals surface area contributed by atoms with Gasteiger partial charge < -0.3 is 8.98 Å². The molecule has 0 aliphatic heterocycles. The number of nitrogens with zero attached hydrogens (tertiary/aromatic N) is 4. The van der Waals surface area contributed by atoms with Crippen molar-refractivity contribution in [2.75, 3.05) is 0 Å². The zero-order valence-corrected chi connectivity index (χ0v) is 26.6. The molecule has 0 atom stereocenters. The van der Waals surface area contributed by atoms with Crippen LogP contribution in [0.1, 0.15) is 0 Å². The fourth-order valence-corrected chi connectivity index (χ4v) is 6.91. The van der Waals surface area contributed by atoms with Gasteiger partial charge in [-0.2, -0.15) is 0 Å². The summed E-state index contributed by atoms with van der Waals surface area (Å²) in [6.07, 6.45) is 0. The van der Waals surface area contributed by atoms with Crippen LogP contribution >= 0.6 is 0 Å². The van der Waals surface area contributed by atoms with Crippen molar-refractivity contribution in [2.45, 2.75) is 0 Å². The van der Waals surface area contributed by atoms with Gasteiger partial charge in [0.05, 0.1) is 11.0 Å². The fourth-order valence-electron chi connectivity index (χ4n) is 6.91. The molecule has 3 aromatic heterocycles. The monoisotopic (exact) mass is 624 g/mol. The van der Waals surface area contributed by atoms with E-state index in [4.69, 9.17) is 66.4 Å². The number of para-hydroxylation sites is 2. The molecule has 0 aliphatic rings. The van der Waals surface area contributed by atoms with Crippen LogP contribution in [0.25, 0.3) is 83.6 Å². The first-order valence-corrected chi connectivity index (χ1v) is 15.9. The Morgan fingerprint density at radius 2 is 0.900 bits per heavy atom. The van der Waals surface area contributed by atoms with Gasteiger partial charge in [-0.3, -0.25) is 0 Å². The summed E-state index contributed by atoms with van der Waals surface area (Å²) in [4.78, 5) is 14.7. The van der Waals surface area contributed by atoms with Crippen molar-refractivity contribution >= 4 is 124 Å². The lowest BCUT2D eigenvalue weighted by molar-refractivity contribution is 0.674. The van der Waals surface area contributed by atoms with Gasteiger partial charge in [0.15, 0.2) is 17.5 Å². The first-order chi connectivity index (χ1) is 24.3. The lowest BCUT2D eigenvalue weighted by Gasteiger charge is -2.19. The molecule has 9 rings (SSSR count). The quantitative estimate of drug-likeness (QED) is 0.283. The summed E-state index contributed by atoms with van der Waals surface area (Å²) in [7, 11) is 41.0. The average molecular weight is 623 g/mol. The molecule has 0 saturated carbocycles. The lowest BCUT2D eigenvalue weighted by atomic mass is 9.67. The second-order valence-electron chi connectivity index (χ2n) is 12.1. The van der Waals surface area contributed by atoms with E-state index in [1.54, 1.807) is 0 Å². The first-order valence-electron chi connectivity index (χ1n) is 15.9. The predicted octanol–water partition coefficient (Wildman–Crippen LogP) is 2.63. The minimum Gasteiger partial charge on any atom is -0.457 e. The van der Waals surface area contributed by atoms with Gasteiger partial charge in [0.2, 0.25) is 0 Å². The van der Waals surface area contributed by atoms with Gasteiger partial charge in [0.1, 0.15) is 58.2 Å². The van der Waals surface area contributed by atoms with Crippen LogP contribution in [0.2, 0.25) is 0 Å². The van der Waals surface area contributed by atoms with Crippen LogP contribution in [0, 0.1) is 0 Å². The number of aromatic nitrogens is 4. The van der Waals surface area contributed by atoms with E-state index in [1.165, 1.54) is 0 Å². The third kappa shape index (κ3) is 4.39. The number of benzene rings is 6. The molecule has 9 aromatic rings. The first kappa shape index (κ1) is 30.4. The second-order valence-corrected chi connectivity index (χ2v) is 12.1. The number of hydrogen-bond acceptors (Lipinski definition) is 4. The highest BCUT2D eigenvalue weighted by molar-refractivity contribution is 6.64. The number of fused-ring (bicyclic) bond motifs is 6. The summed E-state index contributed by atoms with van der Waals surface area (Å²) < 4.78 is 8.54. The van der Waals surface area contributed by atoms with E-state index in [0.29, 0.717) is 33.7 Å². The van der Waals surface area contributed by atoms with E-state index in [2.05, 4.69) is 12.1 Å². The number of furan rings is 1. The Bertz CT molecular complexity index is 2720. The molecule has 0 bridgehead atoms. The Morgan fingerprint density at radius 3 is 1.46 bits per heavy atom. The van der Waals surface area contributed by atoms with Crippen molar-refractivity contribution in [2.24, 2.45) is 0 Å². The Hall–Kier alpha value is -5.68. The van der Waals surface area contributed by atoms with E-state index in [-0.39, 0.29) is 49.8 Å². The lowest BCUT2D eigenvalue weighted by Crippen LogP contribution is -2.41. The van der Waals surface area contributed by atoms with Gasteiger partial charge in [-0.25, -0.2) is 15.0 Å². The van der Waals surface area contributed by atoms with Crippen LogP contribution in [0.4, 0.5) is 0 Å². The zero-order valence-electron chi connectivity index (χ0n) is 26.6. The summed E-state index contributed by atoms with van der Waals surface area (Å²) in [5, 5.41) is 2.94. The zero-order chi connectivity index (χ0) is 34.3. The fraction of sp³-hybridized carbons (Fsp3) is 0. The minimum absolute atomic E-state index is 0.113. The van der Waals surface area contributed by atoms with Crippen molar-refractivity contribution in [3.05, 3.63) is 109 Å². The van der Waals surface area contributed by atoms with Crippen LogP contribution in [0.5, 0.6) is 0 Å². The van der Waals surface area contributed by atoms with E-state index >= 15 is 0 Å². The maximum Gasteiger partial charge on any atom is 0.164 e. The SMILES string of the molecule is [B]c1c([B])c(-c2nc(-c3ccccc3)nc(-c3ccccc3)n2)c2c(oc3c([B])c(-n4c5ccccc5c5ccccc54)c([B])c([B])c32)c1[B]. The molecule has 6 aromatic carbocycles. The summed E-state index contributed by atoms with van der Waals surface area (Å²) >= 11 is 0. The summed E-state index contributed by atoms with van der Waals surface area (Å²) in [5.74, 6) is 1.12. The predicted molar refractivity (Wildman–Crippen MR) is 210 cm³/mol. The molecule has 0 saturated heterocycles. The molecule has 5 nitrogen and oxygen atoms in total. The van der Waals surface area contributed by atoms with E-state index < -0.39 is 0 Å². The Kier molecular flexibility index (Phi) is 6.96. The molecule has 0 aliphatic carbocycles. The van der Waals surface area contributed by atoms with Crippen LogP contribution in [0.15, 0.2) is 114 Å². The van der Waals surface area contributed by atoms with Gasteiger partial charge in [-0.1, -0.05) is 119 Å². The smallest absolute Gasteiger partial charge is 0.164 e. The van der Waals surface area contributed by atoms with Crippen molar-refractivity contribution in [3.8, 4) is 39.9 Å². The number of rotatable bonds is 4.